The summed E-state index contributed by atoms with van der Waals surface area (Å²) in [5.74, 6) is 0.210. The van der Waals surface area contributed by atoms with E-state index in [1.165, 1.54) is 5.56 Å². The maximum Gasteiger partial charge on any atom is 0.407 e. The number of nitrogens with zero attached hydrogens (tertiary/aromatic N) is 2. The molecule has 1 fully saturated rings. The average molecular weight is 402 g/mol. The fraction of sp³-hybridized carbons (Fsp3) is 0.565. The van der Waals surface area contributed by atoms with Crippen molar-refractivity contribution < 1.29 is 14.3 Å². The molecule has 1 aliphatic heterocycles. The minimum atomic E-state index is -0.487. The van der Waals surface area contributed by atoms with Gasteiger partial charge in [0.25, 0.3) is 0 Å². The molecular weight excluding hydrogens is 366 g/mol. The number of alkyl carbamates (subject to hydrolysis) is 1. The molecule has 6 heteroatoms. The maximum absolute atomic E-state index is 12.4. The van der Waals surface area contributed by atoms with Crippen LogP contribution in [-0.2, 0) is 9.53 Å². The van der Waals surface area contributed by atoms with Crippen molar-refractivity contribution in [1.29, 1.82) is 0 Å². The second-order valence-electron chi connectivity index (χ2n) is 8.38. The first kappa shape index (κ1) is 22.9. The molecule has 0 spiro atoms. The summed E-state index contributed by atoms with van der Waals surface area (Å²) in [7, 11) is 0. The number of ether oxygens (including phenoxy) is 1. The molecule has 0 aromatic heterocycles. The lowest BCUT2D eigenvalue weighted by molar-refractivity contribution is -0.133. The van der Waals surface area contributed by atoms with Gasteiger partial charge >= 0.3 is 6.09 Å². The largest absolute Gasteiger partial charge is 0.444 e. The predicted molar refractivity (Wildman–Crippen MR) is 117 cm³/mol. The van der Waals surface area contributed by atoms with Crippen LogP contribution in [0.1, 0.15) is 45.6 Å². The number of carbonyl (C=O) groups is 2. The van der Waals surface area contributed by atoms with E-state index in [4.69, 9.17) is 4.74 Å². The van der Waals surface area contributed by atoms with E-state index >= 15 is 0 Å². The quantitative estimate of drug-likeness (QED) is 0.677. The van der Waals surface area contributed by atoms with E-state index in [9.17, 15) is 9.59 Å². The highest BCUT2D eigenvalue weighted by atomic mass is 16.6. The highest BCUT2D eigenvalue weighted by Gasteiger charge is 2.20. The molecule has 0 saturated carbocycles. The Morgan fingerprint density at radius 3 is 2.41 bits per heavy atom. The van der Waals surface area contributed by atoms with Gasteiger partial charge in [-0.3, -0.25) is 9.69 Å². The van der Waals surface area contributed by atoms with E-state index < -0.39 is 11.7 Å². The van der Waals surface area contributed by atoms with Crippen molar-refractivity contribution in [2.45, 2.75) is 45.6 Å². The van der Waals surface area contributed by atoms with E-state index in [0.29, 0.717) is 13.0 Å². The van der Waals surface area contributed by atoms with Crippen molar-refractivity contribution in [3.8, 4) is 0 Å². The zero-order chi connectivity index (χ0) is 21.1. The summed E-state index contributed by atoms with van der Waals surface area (Å²) in [6.45, 7) is 10.3. The Morgan fingerprint density at radius 2 is 1.76 bits per heavy atom. The minimum absolute atomic E-state index is 0.210. The second kappa shape index (κ2) is 11.6. The van der Waals surface area contributed by atoms with Crippen LogP contribution >= 0.6 is 0 Å². The van der Waals surface area contributed by atoms with Crippen LogP contribution in [0.2, 0.25) is 0 Å². The molecule has 1 aromatic carbocycles. The first-order chi connectivity index (χ1) is 13.8. The molecule has 1 aromatic rings. The van der Waals surface area contributed by atoms with Gasteiger partial charge in [0.1, 0.15) is 5.60 Å². The molecule has 160 valence electrons. The van der Waals surface area contributed by atoms with Crippen LogP contribution in [0.25, 0.3) is 6.08 Å². The monoisotopic (exact) mass is 401 g/mol. The molecule has 0 radical (unpaired) electrons. The van der Waals surface area contributed by atoms with Crippen LogP contribution in [-0.4, -0.2) is 66.7 Å². The second-order valence-corrected chi connectivity index (χ2v) is 8.38. The maximum atomic E-state index is 12.4. The van der Waals surface area contributed by atoms with Crippen molar-refractivity contribution >= 4 is 18.1 Å². The average Bonchev–Trinajstić information content (AvgIpc) is 2.67. The van der Waals surface area contributed by atoms with E-state index in [-0.39, 0.29) is 5.91 Å². The van der Waals surface area contributed by atoms with E-state index in [1.807, 2.05) is 43.9 Å². The lowest BCUT2D eigenvalue weighted by Crippen LogP contribution is -2.48. The third kappa shape index (κ3) is 9.61. The normalized spacial score (nSPS) is 15.5. The highest BCUT2D eigenvalue weighted by molar-refractivity contribution is 5.76. The molecule has 1 saturated heterocycles. The summed E-state index contributed by atoms with van der Waals surface area (Å²) >= 11 is 0. The number of hydrogen-bond donors (Lipinski definition) is 1. The van der Waals surface area contributed by atoms with Crippen molar-refractivity contribution in [3.63, 3.8) is 0 Å². The lowest BCUT2D eigenvalue weighted by Gasteiger charge is -2.34. The molecule has 0 aliphatic carbocycles. The van der Waals surface area contributed by atoms with Gasteiger partial charge in [0.05, 0.1) is 0 Å². The number of nitrogens with one attached hydrogen (secondary N) is 1. The molecule has 6 nitrogen and oxygen atoms in total. The number of rotatable bonds is 8. The summed E-state index contributed by atoms with van der Waals surface area (Å²) in [6, 6.07) is 10.3. The zero-order valence-corrected chi connectivity index (χ0v) is 18.0. The summed E-state index contributed by atoms with van der Waals surface area (Å²) in [4.78, 5) is 28.3. The SMILES string of the molecule is CC(C)(C)OC(=O)NCCCCC(=O)N1CCN(CC=Cc2ccccc2)CC1. The summed E-state index contributed by atoms with van der Waals surface area (Å²) in [6.07, 6.45) is 6.00. The van der Waals surface area contributed by atoms with E-state index in [0.717, 1.165) is 45.6 Å². The Hall–Kier alpha value is -2.34. The van der Waals surface area contributed by atoms with Crippen LogP contribution in [0.5, 0.6) is 0 Å². The number of unbranched alkanes of at least 4 members (excludes halogenated alkanes) is 1. The van der Waals surface area contributed by atoms with Gasteiger partial charge in [-0.2, -0.15) is 0 Å². The van der Waals surface area contributed by atoms with Gasteiger partial charge in [-0.15, -0.1) is 0 Å². The Labute approximate surface area is 174 Å². The van der Waals surface area contributed by atoms with Crippen molar-refractivity contribution in [2.24, 2.45) is 0 Å². The summed E-state index contributed by atoms with van der Waals surface area (Å²) < 4.78 is 5.19. The summed E-state index contributed by atoms with van der Waals surface area (Å²) in [5, 5.41) is 2.73. The molecule has 0 atom stereocenters. The molecular formula is C23H35N3O3. The molecule has 1 N–H and O–H groups in total. The molecule has 2 rings (SSSR count). The number of amides is 2. The van der Waals surface area contributed by atoms with Gasteiger partial charge in [0.15, 0.2) is 0 Å². The molecule has 0 bridgehead atoms. The molecule has 1 aliphatic rings. The minimum Gasteiger partial charge on any atom is -0.444 e. The van der Waals surface area contributed by atoms with Crippen LogP contribution in [0.3, 0.4) is 0 Å². The number of piperazine rings is 1. The van der Waals surface area contributed by atoms with E-state index in [1.54, 1.807) is 0 Å². The fourth-order valence-electron chi connectivity index (χ4n) is 3.15. The van der Waals surface area contributed by atoms with E-state index in [2.05, 4.69) is 34.5 Å². The van der Waals surface area contributed by atoms with Crippen LogP contribution in [0.4, 0.5) is 4.79 Å². The van der Waals surface area contributed by atoms with Gasteiger partial charge in [-0.1, -0.05) is 42.5 Å². The molecule has 29 heavy (non-hydrogen) atoms. The fourth-order valence-corrected chi connectivity index (χ4v) is 3.15. The Morgan fingerprint density at radius 1 is 1.07 bits per heavy atom. The van der Waals surface area contributed by atoms with Crippen molar-refractivity contribution in [1.82, 2.24) is 15.1 Å². The highest BCUT2D eigenvalue weighted by Crippen LogP contribution is 2.08. The van der Waals surface area contributed by atoms with Crippen molar-refractivity contribution in [2.75, 3.05) is 39.3 Å². The van der Waals surface area contributed by atoms with Gasteiger partial charge < -0.3 is 15.0 Å². The predicted octanol–water partition coefficient (Wildman–Crippen LogP) is 3.54. The zero-order valence-electron chi connectivity index (χ0n) is 18.0. The number of carbonyl (C=O) groups excluding carboxylic acids is 2. The number of hydrogen-bond acceptors (Lipinski definition) is 4. The molecule has 0 unspecified atom stereocenters. The summed E-state index contributed by atoms with van der Waals surface area (Å²) in [5.41, 5.74) is 0.724. The Kier molecular flexibility index (Phi) is 9.19. The lowest BCUT2D eigenvalue weighted by atomic mass is 10.2. The molecule has 1 heterocycles. The van der Waals surface area contributed by atoms with Gasteiger partial charge in [-0.05, 0) is 39.2 Å². The van der Waals surface area contributed by atoms with Crippen LogP contribution < -0.4 is 5.32 Å². The molecule has 2 amide bonds. The number of benzene rings is 1. The van der Waals surface area contributed by atoms with Gasteiger partial charge in [0, 0.05) is 45.7 Å². The van der Waals surface area contributed by atoms with Gasteiger partial charge in [0.2, 0.25) is 5.91 Å². The third-order valence-corrected chi connectivity index (χ3v) is 4.68. The van der Waals surface area contributed by atoms with Crippen molar-refractivity contribution in [3.05, 3.63) is 42.0 Å². The topological polar surface area (TPSA) is 61.9 Å². The Bertz CT molecular complexity index is 660. The van der Waals surface area contributed by atoms with Crippen LogP contribution in [0.15, 0.2) is 36.4 Å². The standard InChI is InChI=1S/C23H35N3O3/c1-23(2,3)29-22(28)24-14-8-7-13-21(27)26-18-16-25(17-19-26)15-9-12-20-10-5-4-6-11-20/h4-6,9-12H,7-8,13-19H2,1-3H3,(H,24,28). The third-order valence-electron chi connectivity index (χ3n) is 4.68. The first-order valence-electron chi connectivity index (χ1n) is 10.5. The first-order valence-corrected chi connectivity index (χ1v) is 10.5. The van der Waals surface area contributed by atoms with Crippen LogP contribution in [0, 0.1) is 0 Å². The smallest absolute Gasteiger partial charge is 0.407 e. The Balaban J connectivity index is 1.55. The van der Waals surface area contributed by atoms with Gasteiger partial charge in [-0.25, -0.2) is 4.79 Å².